The van der Waals surface area contributed by atoms with E-state index in [9.17, 15) is 14.9 Å². The summed E-state index contributed by atoms with van der Waals surface area (Å²) in [6.07, 6.45) is 0.613. The van der Waals surface area contributed by atoms with Gasteiger partial charge >= 0.3 is 11.8 Å². The molecule has 0 aliphatic carbocycles. The lowest BCUT2D eigenvalue weighted by Crippen LogP contribution is -2.11. The summed E-state index contributed by atoms with van der Waals surface area (Å²) < 4.78 is 0. The van der Waals surface area contributed by atoms with E-state index in [4.69, 9.17) is 10.3 Å². The summed E-state index contributed by atoms with van der Waals surface area (Å²) in [6, 6.07) is 0. The van der Waals surface area contributed by atoms with Gasteiger partial charge in [-0.2, -0.15) is 0 Å². The second-order valence-electron chi connectivity index (χ2n) is 2.37. The average molecular weight is 190 g/mol. The van der Waals surface area contributed by atoms with E-state index in [1.165, 1.54) is 0 Å². The molecular formula is C6H10N2O5. The van der Waals surface area contributed by atoms with Gasteiger partial charge in [-0.25, -0.2) is 0 Å². The van der Waals surface area contributed by atoms with Crippen LogP contribution in [0, 0.1) is 10.1 Å². The first-order chi connectivity index (χ1) is 6.07. The number of hydrogen-bond donors (Lipinski definition) is 2. The van der Waals surface area contributed by atoms with Crippen molar-refractivity contribution in [1.29, 1.82) is 0 Å². The van der Waals surface area contributed by atoms with Gasteiger partial charge in [-0.1, -0.05) is 0 Å². The van der Waals surface area contributed by atoms with Gasteiger partial charge in [-0.05, 0) is 17.8 Å². The van der Waals surface area contributed by atoms with Crippen LogP contribution in [0.25, 0.3) is 0 Å². The molecule has 0 aliphatic rings. The molecule has 0 unspecified atom stereocenters. The zero-order valence-corrected chi connectivity index (χ0v) is 6.84. The summed E-state index contributed by atoms with van der Waals surface area (Å²) in [4.78, 5) is 19.3. The van der Waals surface area contributed by atoms with Crippen molar-refractivity contribution in [3.8, 4) is 0 Å². The Morgan fingerprint density at radius 1 is 1.38 bits per heavy atom. The van der Waals surface area contributed by atoms with Crippen molar-refractivity contribution >= 4 is 11.8 Å². The number of unbranched alkanes of at least 4 members (excludes halogenated alkanes) is 1. The van der Waals surface area contributed by atoms with E-state index in [1.807, 2.05) is 0 Å². The number of oxime groups is 1. The predicted molar refractivity (Wildman–Crippen MR) is 42.3 cm³/mol. The summed E-state index contributed by atoms with van der Waals surface area (Å²) in [5.41, 5.74) is 0. The highest BCUT2D eigenvalue weighted by Gasteiger charge is 2.12. The van der Waals surface area contributed by atoms with Gasteiger partial charge in [0.25, 0.3) is 0 Å². The van der Waals surface area contributed by atoms with Crippen LogP contribution in [0.3, 0.4) is 0 Å². The summed E-state index contributed by atoms with van der Waals surface area (Å²) in [7, 11) is 0. The van der Waals surface area contributed by atoms with E-state index >= 15 is 0 Å². The minimum Gasteiger partial charge on any atom is -0.481 e. The van der Waals surface area contributed by atoms with E-state index in [2.05, 4.69) is 5.16 Å². The number of aliphatic carboxylic acids is 1. The van der Waals surface area contributed by atoms with Gasteiger partial charge < -0.3 is 20.4 Å². The quantitative estimate of drug-likeness (QED) is 0.165. The second kappa shape index (κ2) is 5.92. The molecule has 0 rings (SSSR count). The van der Waals surface area contributed by atoms with Gasteiger partial charge in [-0.3, -0.25) is 4.79 Å². The van der Waals surface area contributed by atoms with Gasteiger partial charge in [0.15, 0.2) is 0 Å². The lowest BCUT2D eigenvalue weighted by Gasteiger charge is -1.95. The molecule has 0 aliphatic heterocycles. The van der Waals surface area contributed by atoms with E-state index in [0.29, 0.717) is 12.8 Å². The van der Waals surface area contributed by atoms with Crippen molar-refractivity contribution in [2.45, 2.75) is 25.7 Å². The first kappa shape index (κ1) is 11.3. The molecule has 74 valence electrons. The van der Waals surface area contributed by atoms with Crippen LogP contribution in [0.5, 0.6) is 0 Å². The van der Waals surface area contributed by atoms with Crippen LogP contribution in [0.1, 0.15) is 25.7 Å². The first-order valence-electron chi connectivity index (χ1n) is 3.65. The molecular weight excluding hydrogens is 180 g/mol. The van der Waals surface area contributed by atoms with Crippen molar-refractivity contribution in [2.24, 2.45) is 5.16 Å². The fraction of sp³-hybridized carbons (Fsp3) is 0.667. The number of nitrogens with zero attached hydrogens (tertiary/aromatic N) is 2. The van der Waals surface area contributed by atoms with Crippen molar-refractivity contribution in [1.82, 2.24) is 0 Å². The number of carbonyl (C=O) groups is 1. The van der Waals surface area contributed by atoms with Crippen molar-refractivity contribution in [3.63, 3.8) is 0 Å². The molecule has 0 saturated heterocycles. The number of carboxylic acids is 1. The Labute approximate surface area is 73.8 Å². The molecule has 0 amide bonds. The van der Waals surface area contributed by atoms with E-state index in [1.54, 1.807) is 0 Å². The molecule has 0 radical (unpaired) electrons. The maximum Gasteiger partial charge on any atom is 0.385 e. The molecule has 0 heterocycles. The minimum absolute atomic E-state index is 0.0171. The SMILES string of the molecule is O=C(O)CCCC/C(=N\O)[N+](=O)[O-]. The highest BCUT2D eigenvalue weighted by Crippen LogP contribution is 2.01. The maximum absolute atomic E-state index is 10.1. The number of amidine groups is 1. The second-order valence-corrected chi connectivity index (χ2v) is 2.37. The average Bonchev–Trinajstić information content (AvgIpc) is 2.03. The van der Waals surface area contributed by atoms with Gasteiger partial charge in [-0.15, -0.1) is 0 Å². The van der Waals surface area contributed by atoms with Gasteiger partial charge in [0.05, 0.1) is 6.42 Å². The Hall–Kier alpha value is -1.66. The van der Waals surface area contributed by atoms with E-state index in [0.717, 1.165) is 0 Å². The fourth-order valence-electron chi connectivity index (χ4n) is 0.737. The third kappa shape index (κ3) is 5.59. The van der Waals surface area contributed by atoms with E-state index in [-0.39, 0.29) is 12.8 Å². The molecule has 0 fully saturated rings. The van der Waals surface area contributed by atoms with Gasteiger partial charge in [0.1, 0.15) is 5.16 Å². The highest BCUT2D eigenvalue weighted by atomic mass is 16.6. The molecule has 0 saturated carbocycles. The lowest BCUT2D eigenvalue weighted by atomic mass is 10.2. The fourth-order valence-corrected chi connectivity index (χ4v) is 0.737. The molecule has 13 heavy (non-hydrogen) atoms. The molecule has 0 spiro atoms. The van der Waals surface area contributed by atoms with Crippen LogP contribution < -0.4 is 0 Å². The Kier molecular flexibility index (Phi) is 5.17. The summed E-state index contributed by atoms with van der Waals surface area (Å²) in [5, 5.41) is 28.9. The number of hydrogen-bond acceptors (Lipinski definition) is 5. The lowest BCUT2D eigenvalue weighted by molar-refractivity contribution is -0.355. The first-order valence-corrected chi connectivity index (χ1v) is 3.65. The molecule has 0 aromatic carbocycles. The summed E-state index contributed by atoms with van der Waals surface area (Å²) in [6.45, 7) is 0. The van der Waals surface area contributed by atoms with Gasteiger partial charge in [0, 0.05) is 6.42 Å². The smallest absolute Gasteiger partial charge is 0.385 e. The zero-order valence-electron chi connectivity index (χ0n) is 6.84. The van der Waals surface area contributed by atoms with Crippen LogP contribution in [0.2, 0.25) is 0 Å². The molecule has 0 aromatic heterocycles. The van der Waals surface area contributed by atoms with Crippen LogP contribution in [0.15, 0.2) is 5.16 Å². The monoisotopic (exact) mass is 190 g/mol. The number of rotatable bonds is 5. The maximum atomic E-state index is 10.1. The Morgan fingerprint density at radius 2 is 1.92 bits per heavy atom. The van der Waals surface area contributed by atoms with Gasteiger partial charge in [0.2, 0.25) is 0 Å². The topological polar surface area (TPSA) is 113 Å². The Balaban J connectivity index is 3.63. The van der Waals surface area contributed by atoms with Crippen LogP contribution in [-0.2, 0) is 4.79 Å². The van der Waals surface area contributed by atoms with Crippen LogP contribution in [0.4, 0.5) is 0 Å². The standard InChI is InChI=1S/C6H10N2O5/c9-6(10)4-2-1-3-5(7-11)8(12)13/h11H,1-4H2,(H,9,10)/b7-5+. The largest absolute Gasteiger partial charge is 0.481 e. The molecule has 0 aromatic rings. The molecule has 2 N–H and O–H groups in total. The molecule has 7 nitrogen and oxygen atoms in total. The summed E-state index contributed by atoms with van der Waals surface area (Å²) in [5.74, 6) is -1.48. The third-order valence-corrected chi connectivity index (χ3v) is 1.37. The predicted octanol–water partition coefficient (Wildman–Crippen LogP) is 0.696. The molecule has 7 heteroatoms. The van der Waals surface area contributed by atoms with Crippen molar-refractivity contribution in [3.05, 3.63) is 10.1 Å². The van der Waals surface area contributed by atoms with Crippen molar-refractivity contribution < 1.29 is 20.0 Å². The molecule has 0 atom stereocenters. The number of carboxylic acid groups (broad SMARTS) is 1. The summed E-state index contributed by atoms with van der Waals surface area (Å²) >= 11 is 0. The normalized spacial score (nSPS) is 11.2. The van der Waals surface area contributed by atoms with Crippen LogP contribution >= 0.6 is 0 Å². The van der Waals surface area contributed by atoms with E-state index < -0.39 is 16.7 Å². The van der Waals surface area contributed by atoms with Crippen LogP contribution in [-0.4, -0.2) is 27.0 Å². The van der Waals surface area contributed by atoms with Crippen molar-refractivity contribution in [2.75, 3.05) is 0 Å². The molecule has 0 bridgehead atoms. The number of nitro groups is 1. The third-order valence-electron chi connectivity index (χ3n) is 1.37. The zero-order chi connectivity index (χ0) is 10.3. The Bertz CT molecular complexity index is 225. The minimum atomic E-state index is -0.941. The highest BCUT2D eigenvalue weighted by molar-refractivity contribution is 5.73. The Morgan fingerprint density at radius 3 is 2.31 bits per heavy atom.